The van der Waals surface area contributed by atoms with Gasteiger partial charge in [0.25, 0.3) is 0 Å². The molecule has 1 aromatic heterocycles. The summed E-state index contributed by atoms with van der Waals surface area (Å²) in [7, 11) is 0. The van der Waals surface area contributed by atoms with Crippen molar-refractivity contribution in [2.45, 2.75) is 36.2 Å². The maximum absolute atomic E-state index is 4.45. The van der Waals surface area contributed by atoms with Crippen LogP contribution in [0.3, 0.4) is 0 Å². The van der Waals surface area contributed by atoms with Crippen molar-refractivity contribution in [2.75, 3.05) is 6.54 Å². The monoisotopic (exact) mass is 428 g/mol. The highest BCUT2D eigenvalue weighted by Gasteiger charge is 2.12. The second kappa shape index (κ2) is 8.32. The predicted molar refractivity (Wildman–Crippen MR) is 96.9 cm³/mol. The van der Waals surface area contributed by atoms with E-state index in [1.165, 1.54) is 10.5 Å². The van der Waals surface area contributed by atoms with Gasteiger partial charge in [-0.2, -0.15) is 0 Å². The molecule has 1 aromatic carbocycles. The van der Waals surface area contributed by atoms with Crippen LogP contribution in [0.4, 0.5) is 0 Å². The van der Waals surface area contributed by atoms with Gasteiger partial charge in [-0.25, -0.2) is 4.98 Å². The SMILES string of the molecule is CCCNC(C)c1ccc(Br)cc1Sc1ccc(Br)cn1. The lowest BCUT2D eigenvalue weighted by Gasteiger charge is -2.17. The molecule has 21 heavy (non-hydrogen) atoms. The number of hydrogen-bond acceptors (Lipinski definition) is 3. The summed E-state index contributed by atoms with van der Waals surface area (Å²) >= 11 is 8.68. The highest BCUT2D eigenvalue weighted by molar-refractivity contribution is 9.10. The molecular weight excluding hydrogens is 412 g/mol. The van der Waals surface area contributed by atoms with E-state index in [-0.39, 0.29) is 0 Å². The largest absolute Gasteiger partial charge is 0.310 e. The topological polar surface area (TPSA) is 24.9 Å². The fourth-order valence-corrected chi connectivity index (χ4v) is 3.72. The molecule has 1 unspecified atom stereocenters. The third kappa shape index (κ3) is 5.09. The van der Waals surface area contributed by atoms with E-state index in [4.69, 9.17) is 0 Å². The highest BCUT2D eigenvalue weighted by atomic mass is 79.9. The molecule has 1 N–H and O–H groups in total. The fraction of sp³-hybridized carbons (Fsp3) is 0.312. The van der Waals surface area contributed by atoms with Crippen LogP contribution in [0.25, 0.3) is 0 Å². The molecule has 0 bridgehead atoms. The molecule has 1 atom stereocenters. The summed E-state index contributed by atoms with van der Waals surface area (Å²) in [6, 6.07) is 10.8. The summed E-state index contributed by atoms with van der Waals surface area (Å²) < 4.78 is 2.09. The van der Waals surface area contributed by atoms with Gasteiger partial charge in [0.15, 0.2) is 0 Å². The van der Waals surface area contributed by atoms with Gasteiger partial charge in [0.2, 0.25) is 0 Å². The lowest BCUT2D eigenvalue weighted by Crippen LogP contribution is -2.19. The maximum Gasteiger partial charge on any atom is 0.101 e. The van der Waals surface area contributed by atoms with Crippen LogP contribution in [-0.2, 0) is 0 Å². The van der Waals surface area contributed by atoms with Crippen LogP contribution < -0.4 is 5.32 Å². The lowest BCUT2D eigenvalue weighted by molar-refractivity contribution is 0.563. The molecule has 0 radical (unpaired) electrons. The number of aromatic nitrogens is 1. The Morgan fingerprint density at radius 1 is 1.19 bits per heavy atom. The Bertz CT molecular complexity index is 587. The number of benzene rings is 1. The molecule has 2 aromatic rings. The Hall–Kier alpha value is -0.360. The zero-order valence-electron chi connectivity index (χ0n) is 12.1. The van der Waals surface area contributed by atoms with E-state index in [2.05, 4.69) is 74.2 Å². The smallest absolute Gasteiger partial charge is 0.101 e. The van der Waals surface area contributed by atoms with E-state index in [1.807, 2.05) is 18.3 Å². The first-order valence-corrected chi connectivity index (χ1v) is 9.32. The number of nitrogens with one attached hydrogen (secondary N) is 1. The second-order valence-corrected chi connectivity index (χ2v) is 7.67. The predicted octanol–water partition coefficient (Wildman–Crippen LogP) is 5.82. The molecule has 1 heterocycles. The van der Waals surface area contributed by atoms with Gasteiger partial charge in [-0.15, -0.1) is 0 Å². The molecule has 0 aliphatic heterocycles. The quantitative estimate of drug-likeness (QED) is 0.626. The van der Waals surface area contributed by atoms with Gasteiger partial charge in [-0.3, -0.25) is 0 Å². The Kier molecular flexibility index (Phi) is 6.74. The second-order valence-electron chi connectivity index (χ2n) is 4.77. The van der Waals surface area contributed by atoms with Crippen molar-refractivity contribution in [3.05, 3.63) is 51.0 Å². The molecule has 2 nitrogen and oxygen atoms in total. The van der Waals surface area contributed by atoms with Crippen molar-refractivity contribution in [3.63, 3.8) is 0 Å². The average Bonchev–Trinajstić information content (AvgIpc) is 2.47. The van der Waals surface area contributed by atoms with Gasteiger partial charge in [-0.05, 0) is 65.6 Å². The minimum Gasteiger partial charge on any atom is -0.310 e. The first-order chi connectivity index (χ1) is 10.1. The van der Waals surface area contributed by atoms with Gasteiger partial charge in [-0.1, -0.05) is 40.7 Å². The summed E-state index contributed by atoms with van der Waals surface area (Å²) in [6.07, 6.45) is 2.97. The zero-order chi connectivity index (χ0) is 15.2. The average molecular weight is 430 g/mol. The van der Waals surface area contributed by atoms with E-state index in [0.29, 0.717) is 6.04 Å². The van der Waals surface area contributed by atoms with E-state index in [0.717, 1.165) is 26.9 Å². The summed E-state index contributed by atoms with van der Waals surface area (Å²) in [4.78, 5) is 5.68. The molecule has 5 heteroatoms. The van der Waals surface area contributed by atoms with Gasteiger partial charge in [0, 0.05) is 26.1 Å². The van der Waals surface area contributed by atoms with Crippen molar-refractivity contribution < 1.29 is 0 Å². The molecule has 0 saturated heterocycles. The lowest BCUT2D eigenvalue weighted by atomic mass is 10.1. The maximum atomic E-state index is 4.45. The van der Waals surface area contributed by atoms with Gasteiger partial charge in [0.05, 0.1) is 0 Å². The van der Waals surface area contributed by atoms with Crippen molar-refractivity contribution >= 4 is 43.6 Å². The van der Waals surface area contributed by atoms with E-state index in [1.54, 1.807) is 11.8 Å². The van der Waals surface area contributed by atoms with E-state index in [9.17, 15) is 0 Å². The van der Waals surface area contributed by atoms with E-state index >= 15 is 0 Å². The molecule has 0 amide bonds. The molecule has 0 saturated carbocycles. The Labute approximate surface area is 147 Å². The van der Waals surface area contributed by atoms with Crippen LogP contribution in [0.15, 0.2) is 55.4 Å². The zero-order valence-corrected chi connectivity index (χ0v) is 16.1. The molecule has 0 aliphatic rings. The molecule has 0 aliphatic carbocycles. The van der Waals surface area contributed by atoms with Crippen molar-refractivity contribution in [1.82, 2.24) is 10.3 Å². The standard InChI is InChI=1S/C16H18Br2N2S/c1-3-8-19-11(2)14-6-4-12(17)9-15(14)21-16-7-5-13(18)10-20-16/h4-7,9-11,19H,3,8H2,1-2H3. The molecule has 0 fully saturated rings. The molecule has 2 rings (SSSR count). The minimum absolute atomic E-state index is 0.330. The van der Waals surface area contributed by atoms with Gasteiger partial charge in [0.1, 0.15) is 5.03 Å². The number of pyridine rings is 1. The van der Waals surface area contributed by atoms with Crippen molar-refractivity contribution in [3.8, 4) is 0 Å². The van der Waals surface area contributed by atoms with Crippen LogP contribution in [-0.4, -0.2) is 11.5 Å². The summed E-state index contributed by atoms with van der Waals surface area (Å²) in [5.41, 5.74) is 1.31. The van der Waals surface area contributed by atoms with Crippen molar-refractivity contribution in [1.29, 1.82) is 0 Å². The van der Waals surface area contributed by atoms with Crippen LogP contribution in [0.1, 0.15) is 31.9 Å². The van der Waals surface area contributed by atoms with Crippen molar-refractivity contribution in [2.24, 2.45) is 0 Å². The third-order valence-corrected chi connectivity index (χ3v) is 5.04. The minimum atomic E-state index is 0.330. The Balaban J connectivity index is 2.24. The molecular formula is C16H18Br2N2S. The third-order valence-electron chi connectivity index (χ3n) is 3.06. The highest BCUT2D eigenvalue weighted by Crippen LogP contribution is 2.34. The first kappa shape index (κ1) is 17.0. The summed E-state index contributed by atoms with van der Waals surface area (Å²) in [6.45, 7) is 5.42. The molecule has 112 valence electrons. The van der Waals surface area contributed by atoms with Crippen LogP contribution >= 0.6 is 43.6 Å². The summed E-state index contributed by atoms with van der Waals surface area (Å²) in [5.74, 6) is 0. The normalized spacial score (nSPS) is 12.4. The summed E-state index contributed by atoms with van der Waals surface area (Å²) in [5, 5.41) is 4.55. The van der Waals surface area contributed by atoms with Crippen LogP contribution in [0.5, 0.6) is 0 Å². The number of hydrogen-bond donors (Lipinski definition) is 1. The number of rotatable bonds is 6. The Morgan fingerprint density at radius 2 is 1.95 bits per heavy atom. The number of halogens is 2. The van der Waals surface area contributed by atoms with E-state index < -0.39 is 0 Å². The van der Waals surface area contributed by atoms with Gasteiger partial charge >= 0.3 is 0 Å². The first-order valence-electron chi connectivity index (χ1n) is 6.92. The molecule has 0 spiro atoms. The fourth-order valence-electron chi connectivity index (χ4n) is 1.96. The Morgan fingerprint density at radius 3 is 2.62 bits per heavy atom. The number of nitrogens with zero attached hydrogens (tertiary/aromatic N) is 1. The van der Waals surface area contributed by atoms with Crippen LogP contribution in [0, 0.1) is 0 Å². The van der Waals surface area contributed by atoms with Gasteiger partial charge < -0.3 is 5.32 Å². The van der Waals surface area contributed by atoms with Crippen LogP contribution in [0.2, 0.25) is 0 Å².